The molecule has 15 heavy (non-hydrogen) atoms. The van der Waals surface area contributed by atoms with Crippen LogP contribution in [0.1, 0.15) is 13.3 Å². The molecule has 0 fully saturated rings. The number of thioether (sulfide) groups is 1. The Balaban J connectivity index is 3.68. The maximum absolute atomic E-state index is 10.7. The van der Waals surface area contributed by atoms with Gasteiger partial charge < -0.3 is 9.47 Å². The van der Waals surface area contributed by atoms with E-state index in [0.29, 0.717) is 17.2 Å². The third-order valence-corrected chi connectivity index (χ3v) is 2.25. The van der Waals surface area contributed by atoms with Gasteiger partial charge in [0, 0.05) is 5.75 Å². The van der Waals surface area contributed by atoms with Crippen LogP contribution in [0, 0.1) is 0 Å². The van der Waals surface area contributed by atoms with Crippen LogP contribution < -0.4 is 5.43 Å². The summed E-state index contributed by atoms with van der Waals surface area (Å²) in [6.07, 6.45) is -0.311. The van der Waals surface area contributed by atoms with Crippen LogP contribution >= 0.6 is 11.8 Å². The van der Waals surface area contributed by atoms with Crippen molar-refractivity contribution in [3.63, 3.8) is 0 Å². The molecule has 0 rings (SSSR count). The maximum Gasteiger partial charge on any atom is 0.427 e. The number of hydrogen-bond acceptors (Lipinski definition) is 6. The summed E-state index contributed by atoms with van der Waals surface area (Å²) in [5, 5.41) is 4.36. The van der Waals surface area contributed by atoms with E-state index in [1.165, 1.54) is 26.0 Å². The van der Waals surface area contributed by atoms with Crippen molar-refractivity contribution in [2.24, 2.45) is 5.10 Å². The normalized spacial score (nSPS) is 10.7. The summed E-state index contributed by atoms with van der Waals surface area (Å²) < 4.78 is 8.79. The Hall–Kier alpha value is -1.24. The van der Waals surface area contributed by atoms with Crippen molar-refractivity contribution in [2.45, 2.75) is 13.3 Å². The number of hydrogen-bond donors (Lipinski definition) is 1. The number of nitrogens with zero attached hydrogens (tertiary/aromatic N) is 1. The lowest BCUT2D eigenvalue weighted by atomic mass is 10.5. The van der Waals surface area contributed by atoms with Crippen molar-refractivity contribution in [3.8, 4) is 0 Å². The third-order valence-electron chi connectivity index (χ3n) is 1.33. The third kappa shape index (κ3) is 7.80. The minimum absolute atomic E-state index is 0.267. The van der Waals surface area contributed by atoms with Crippen LogP contribution in [0.5, 0.6) is 0 Å². The Bertz CT molecular complexity index is 255. The highest BCUT2D eigenvalue weighted by atomic mass is 32.2. The molecule has 0 aromatic rings. The number of rotatable bonds is 4. The monoisotopic (exact) mass is 234 g/mol. The Morgan fingerprint density at radius 1 is 1.33 bits per heavy atom. The van der Waals surface area contributed by atoms with E-state index >= 15 is 0 Å². The van der Waals surface area contributed by atoms with Gasteiger partial charge in [0.1, 0.15) is 0 Å². The van der Waals surface area contributed by atoms with Gasteiger partial charge in [-0.15, -0.1) is 11.8 Å². The minimum atomic E-state index is -0.622. The molecule has 0 spiro atoms. The summed E-state index contributed by atoms with van der Waals surface area (Å²) in [7, 11) is 2.59. The van der Waals surface area contributed by atoms with Crippen LogP contribution in [0.3, 0.4) is 0 Å². The molecule has 0 aliphatic carbocycles. The first-order valence-corrected chi connectivity index (χ1v) is 5.16. The molecular weight excluding hydrogens is 220 g/mol. The van der Waals surface area contributed by atoms with Gasteiger partial charge >= 0.3 is 12.1 Å². The lowest BCUT2D eigenvalue weighted by molar-refractivity contribution is -0.140. The highest BCUT2D eigenvalue weighted by Crippen LogP contribution is 2.05. The van der Waals surface area contributed by atoms with Crippen LogP contribution in [0.15, 0.2) is 5.10 Å². The molecule has 0 atom stereocenters. The van der Waals surface area contributed by atoms with Crippen LogP contribution in [0.25, 0.3) is 0 Å². The van der Waals surface area contributed by atoms with Gasteiger partial charge in [0.05, 0.1) is 25.7 Å². The van der Waals surface area contributed by atoms with E-state index in [9.17, 15) is 9.59 Å². The number of methoxy groups -OCH3 is 2. The lowest BCUT2D eigenvalue weighted by Gasteiger charge is -2.01. The second-order valence-corrected chi connectivity index (χ2v) is 3.70. The first-order chi connectivity index (χ1) is 7.10. The second-order valence-electron chi connectivity index (χ2n) is 2.41. The number of esters is 1. The summed E-state index contributed by atoms with van der Waals surface area (Å²) in [5.41, 5.74) is 2.17. The van der Waals surface area contributed by atoms with Gasteiger partial charge in [-0.25, -0.2) is 10.2 Å². The highest BCUT2D eigenvalue weighted by molar-refractivity contribution is 8.13. The van der Waals surface area contributed by atoms with Gasteiger partial charge in [-0.3, -0.25) is 4.79 Å². The summed E-state index contributed by atoms with van der Waals surface area (Å²) >= 11 is 1.35. The van der Waals surface area contributed by atoms with Crippen LogP contribution in [0.2, 0.25) is 0 Å². The molecule has 0 unspecified atom stereocenters. The SMILES string of the molecule is COC(=O)CCS/C(C)=N\NC(=O)OC. The van der Waals surface area contributed by atoms with E-state index in [0.717, 1.165) is 0 Å². The lowest BCUT2D eigenvalue weighted by Crippen LogP contribution is -2.17. The Morgan fingerprint density at radius 2 is 2.00 bits per heavy atom. The molecule has 1 N–H and O–H groups in total. The fraction of sp³-hybridized carbons (Fsp3) is 0.625. The maximum atomic E-state index is 10.7. The summed E-state index contributed by atoms with van der Waals surface area (Å²) in [6.45, 7) is 1.72. The standard InChI is InChI=1S/C8H14N2O4S/c1-6(9-10-8(12)14-3)15-5-4-7(11)13-2/h4-5H2,1-3H3,(H,10,12)/b9-6-. The van der Waals surface area contributed by atoms with Crippen molar-refractivity contribution in [1.29, 1.82) is 0 Å². The van der Waals surface area contributed by atoms with Gasteiger partial charge in [0.15, 0.2) is 0 Å². The van der Waals surface area contributed by atoms with Crippen molar-refractivity contribution in [2.75, 3.05) is 20.0 Å². The summed E-state index contributed by atoms with van der Waals surface area (Å²) in [6, 6.07) is 0. The number of hydrazone groups is 1. The average molecular weight is 234 g/mol. The van der Waals surface area contributed by atoms with Gasteiger partial charge in [-0.05, 0) is 6.92 Å². The fourth-order valence-corrected chi connectivity index (χ4v) is 1.26. The molecule has 0 bridgehead atoms. The second kappa shape index (κ2) is 8.10. The fourth-order valence-electron chi connectivity index (χ4n) is 0.586. The Labute approximate surface area is 92.4 Å². The minimum Gasteiger partial charge on any atom is -0.469 e. The Kier molecular flexibility index (Phi) is 7.43. The highest BCUT2D eigenvalue weighted by Gasteiger charge is 2.01. The van der Waals surface area contributed by atoms with Gasteiger partial charge in [-0.1, -0.05) is 0 Å². The number of carbonyl (C=O) groups is 2. The largest absolute Gasteiger partial charge is 0.469 e. The molecule has 0 saturated heterocycles. The number of nitrogens with one attached hydrogen (secondary N) is 1. The molecule has 0 heterocycles. The molecule has 0 saturated carbocycles. The van der Waals surface area contributed by atoms with E-state index in [4.69, 9.17) is 0 Å². The first-order valence-electron chi connectivity index (χ1n) is 4.18. The molecular formula is C8H14N2O4S. The molecule has 0 radical (unpaired) electrons. The number of carbonyl (C=O) groups excluding carboxylic acids is 2. The zero-order chi connectivity index (χ0) is 11.7. The molecule has 6 nitrogen and oxygen atoms in total. The van der Waals surface area contributed by atoms with Crippen molar-refractivity contribution >= 4 is 28.9 Å². The topological polar surface area (TPSA) is 77.0 Å². The van der Waals surface area contributed by atoms with Gasteiger partial charge in [0.2, 0.25) is 0 Å². The zero-order valence-electron chi connectivity index (χ0n) is 8.90. The summed E-state index contributed by atoms with van der Waals surface area (Å²) in [5.74, 6) is 0.293. The quantitative estimate of drug-likeness (QED) is 0.339. The predicted octanol–water partition coefficient (Wildman–Crippen LogP) is 0.972. The van der Waals surface area contributed by atoms with Crippen LogP contribution in [-0.2, 0) is 14.3 Å². The number of amides is 1. The van der Waals surface area contributed by atoms with Gasteiger partial charge in [0.25, 0.3) is 0 Å². The van der Waals surface area contributed by atoms with Crippen molar-refractivity contribution in [1.82, 2.24) is 5.43 Å². The molecule has 0 aliphatic rings. The predicted molar refractivity (Wildman–Crippen MR) is 57.7 cm³/mol. The first kappa shape index (κ1) is 13.8. The van der Waals surface area contributed by atoms with Crippen LogP contribution in [-0.4, -0.2) is 37.1 Å². The molecule has 0 aliphatic heterocycles. The van der Waals surface area contributed by atoms with Crippen LogP contribution in [0.4, 0.5) is 4.79 Å². The van der Waals surface area contributed by atoms with Crippen molar-refractivity contribution < 1.29 is 19.1 Å². The van der Waals surface area contributed by atoms with Gasteiger partial charge in [-0.2, -0.15) is 5.10 Å². The summed E-state index contributed by atoms with van der Waals surface area (Å²) in [4.78, 5) is 21.4. The van der Waals surface area contributed by atoms with E-state index in [1.54, 1.807) is 6.92 Å². The Morgan fingerprint density at radius 3 is 2.53 bits per heavy atom. The number of ether oxygens (including phenoxy) is 2. The zero-order valence-corrected chi connectivity index (χ0v) is 9.72. The van der Waals surface area contributed by atoms with E-state index in [1.807, 2.05) is 0 Å². The van der Waals surface area contributed by atoms with E-state index < -0.39 is 6.09 Å². The molecule has 1 amide bonds. The van der Waals surface area contributed by atoms with E-state index in [2.05, 4.69) is 20.0 Å². The molecule has 0 aromatic carbocycles. The molecule has 0 aromatic heterocycles. The molecule has 86 valence electrons. The average Bonchev–Trinajstić information content (AvgIpc) is 2.25. The smallest absolute Gasteiger partial charge is 0.427 e. The molecule has 7 heteroatoms. The van der Waals surface area contributed by atoms with Crippen molar-refractivity contribution in [3.05, 3.63) is 0 Å². The van der Waals surface area contributed by atoms with E-state index in [-0.39, 0.29) is 5.97 Å².